The Morgan fingerprint density at radius 1 is 1.28 bits per heavy atom. The molecule has 0 spiro atoms. The van der Waals surface area contributed by atoms with Crippen LogP contribution < -0.4 is 5.32 Å². The average molecular weight is 244 g/mol. The highest BCUT2D eigenvalue weighted by Crippen LogP contribution is 2.26. The SMILES string of the molecule is CC(C)CCNCc1ccc2cccnc2c1O. The second-order valence-electron chi connectivity index (χ2n) is 5.01. The number of fused-ring (bicyclic) bond motifs is 1. The maximum atomic E-state index is 10.2. The smallest absolute Gasteiger partial charge is 0.146 e. The Labute approximate surface area is 108 Å². The minimum atomic E-state index is 0.296. The minimum absolute atomic E-state index is 0.296. The Morgan fingerprint density at radius 2 is 2.11 bits per heavy atom. The third kappa shape index (κ3) is 2.99. The van der Waals surface area contributed by atoms with Crippen LogP contribution in [0.3, 0.4) is 0 Å². The number of nitrogens with one attached hydrogen (secondary N) is 1. The molecule has 0 amide bonds. The molecule has 3 heteroatoms. The predicted molar refractivity (Wildman–Crippen MR) is 74.6 cm³/mol. The molecule has 3 nitrogen and oxygen atoms in total. The monoisotopic (exact) mass is 244 g/mol. The molecule has 0 saturated carbocycles. The standard InChI is InChI=1S/C15H20N2O/c1-11(2)7-9-16-10-13-6-5-12-4-3-8-17-14(12)15(13)18/h3-6,8,11,16,18H,7,9-10H2,1-2H3. The Hall–Kier alpha value is -1.61. The number of phenolic OH excluding ortho intramolecular Hbond substituents is 1. The van der Waals surface area contributed by atoms with E-state index in [-0.39, 0.29) is 0 Å². The van der Waals surface area contributed by atoms with E-state index in [1.54, 1.807) is 6.20 Å². The Morgan fingerprint density at radius 3 is 2.89 bits per heavy atom. The van der Waals surface area contributed by atoms with Gasteiger partial charge in [0.05, 0.1) is 0 Å². The molecule has 1 aromatic carbocycles. The lowest BCUT2D eigenvalue weighted by atomic mass is 10.1. The maximum absolute atomic E-state index is 10.2. The number of aromatic hydroxyl groups is 1. The van der Waals surface area contributed by atoms with Gasteiger partial charge >= 0.3 is 0 Å². The summed E-state index contributed by atoms with van der Waals surface area (Å²) in [7, 11) is 0. The molecule has 0 radical (unpaired) electrons. The number of hydrogen-bond acceptors (Lipinski definition) is 3. The second kappa shape index (κ2) is 5.83. The van der Waals surface area contributed by atoms with Gasteiger partial charge in [-0.25, -0.2) is 0 Å². The normalized spacial score (nSPS) is 11.3. The first-order valence-electron chi connectivity index (χ1n) is 6.45. The fourth-order valence-corrected chi connectivity index (χ4v) is 1.93. The van der Waals surface area contributed by atoms with Crippen LogP contribution in [0.5, 0.6) is 5.75 Å². The molecule has 0 aliphatic carbocycles. The molecule has 2 N–H and O–H groups in total. The Balaban J connectivity index is 2.07. The van der Waals surface area contributed by atoms with E-state index >= 15 is 0 Å². The second-order valence-corrected chi connectivity index (χ2v) is 5.01. The molecule has 0 atom stereocenters. The average Bonchev–Trinajstić information content (AvgIpc) is 2.37. The summed E-state index contributed by atoms with van der Waals surface area (Å²) >= 11 is 0. The van der Waals surface area contributed by atoms with Crippen LogP contribution >= 0.6 is 0 Å². The first-order chi connectivity index (χ1) is 8.68. The van der Waals surface area contributed by atoms with Gasteiger partial charge in [-0.2, -0.15) is 0 Å². The molecular formula is C15H20N2O. The zero-order valence-corrected chi connectivity index (χ0v) is 11.0. The van der Waals surface area contributed by atoms with E-state index in [1.165, 1.54) is 0 Å². The van der Waals surface area contributed by atoms with Gasteiger partial charge in [0, 0.05) is 23.7 Å². The minimum Gasteiger partial charge on any atom is -0.505 e. The quantitative estimate of drug-likeness (QED) is 0.794. The van der Waals surface area contributed by atoms with E-state index in [0.29, 0.717) is 23.7 Å². The van der Waals surface area contributed by atoms with Gasteiger partial charge in [-0.15, -0.1) is 0 Å². The van der Waals surface area contributed by atoms with Crippen molar-refractivity contribution in [3.8, 4) is 5.75 Å². The molecule has 1 aromatic heterocycles. The van der Waals surface area contributed by atoms with Gasteiger partial charge < -0.3 is 10.4 Å². The van der Waals surface area contributed by atoms with Gasteiger partial charge in [-0.3, -0.25) is 4.98 Å². The summed E-state index contributed by atoms with van der Waals surface area (Å²) in [6.45, 7) is 6.07. The van der Waals surface area contributed by atoms with Gasteiger partial charge in [-0.1, -0.05) is 32.0 Å². The van der Waals surface area contributed by atoms with Crippen LogP contribution in [0.25, 0.3) is 10.9 Å². The lowest BCUT2D eigenvalue weighted by molar-refractivity contribution is 0.466. The topological polar surface area (TPSA) is 45.2 Å². The third-order valence-electron chi connectivity index (χ3n) is 3.05. The highest BCUT2D eigenvalue weighted by atomic mass is 16.3. The van der Waals surface area contributed by atoms with Gasteiger partial charge in [0.25, 0.3) is 0 Å². The van der Waals surface area contributed by atoms with Crippen LogP contribution in [-0.4, -0.2) is 16.6 Å². The summed E-state index contributed by atoms with van der Waals surface area (Å²) in [4.78, 5) is 4.22. The van der Waals surface area contributed by atoms with Gasteiger partial charge in [0.1, 0.15) is 11.3 Å². The van der Waals surface area contributed by atoms with Crippen molar-refractivity contribution in [2.24, 2.45) is 5.92 Å². The summed E-state index contributed by atoms with van der Waals surface area (Å²) in [5.74, 6) is 0.995. The first kappa shape index (κ1) is 12.8. The first-order valence-corrected chi connectivity index (χ1v) is 6.45. The van der Waals surface area contributed by atoms with Crippen LogP contribution in [0, 0.1) is 5.92 Å². The fourth-order valence-electron chi connectivity index (χ4n) is 1.93. The van der Waals surface area contributed by atoms with Crippen molar-refractivity contribution in [3.63, 3.8) is 0 Å². The Kier molecular flexibility index (Phi) is 4.15. The van der Waals surface area contributed by atoms with Crippen LogP contribution in [0.2, 0.25) is 0 Å². The van der Waals surface area contributed by atoms with Crippen molar-refractivity contribution in [2.75, 3.05) is 6.54 Å². The van der Waals surface area contributed by atoms with Crippen molar-refractivity contribution >= 4 is 10.9 Å². The van der Waals surface area contributed by atoms with Crippen LogP contribution in [0.15, 0.2) is 30.5 Å². The van der Waals surface area contributed by atoms with Crippen molar-refractivity contribution in [2.45, 2.75) is 26.8 Å². The van der Waals surface area contributed by atoms with Gasteiger partial charge in [0.2, 0.25) is 0 Å². The molecule has 0 aliphatic rings. The summed E-state index contributed by atoms with van der Waals surface area (Å²) in [6, 6.07) is 7.80. The van der Waals surface area contributed by atoms with Crippen molar-refractivity contribution in [3.05, 3.63) is 36.0 Å². The van der Waals surface area contributed by atoms with E-state index < -0.39 is 0 Å². The van der Waals surface area contributed by atoms with E-state index in [9.17, 15) is 5.11 Å². The van der Waals surface area contributed by atoms with Crippen molar-refractivity contribution in [1.29, 1.82) is 0 Å². The molecule has 2 aromatic rings. The third-order valence-corrected chi connectivity index (χ3v) is 3.05. The number of pyridine rings is 1. The lowest BCUT2D eigenvalue weighted by Gasteiger charge is -2.09. The zero-order valence-electron chi connectivity index (χ0n) is 11.0. The van der Waals surface area contributed by atoms with E-state index in [4.69, 9.17) is 0 Å². The number of phenols is 1. The number of rotatable bonds is 5. The molecule has 0 fully saturated rings. The molecule has 0 aliphatic heterocycles. The summed E-state index contributed by atoms with van der Waals surface area (Å²) in [6.07, 6.45) is 2.85. The predicted octanol–water partition coefficient (Wildman–Crippen LogP) is 3.08. The van der Waals surface area contributed by atoms with Crippen LogP contribution in [-0.2, 0) is 6.54 Å². The van der Waals surface area contributed by atoms with Gasteiger partial charge in [0.15, 0.2) is 0 Å². The lowest BCUT2D eigenvalue weighted by Crippen LogP contribution is -2.16. The summed E-state index contributed by atoms with van der Waals surface area (Å²) < 4.78 is 0. The summed E-state index contributed by atoms with van der Waals surface area (Å²) in [5.41, 5.74) is 1.59. The molecule has 0 unspecified atom stereocenters. The molecule has 2 rings (SSSR count). The molecule has 1 heterocycles. The van der Waals surface area contributed by atoms with E-state index in [1.807, 2.05) is 24.3 Å². The fraction of sp³-hybridized carbons (Fsp3) is 0.400. The van der Waals surface area contributed by atoms with Crippen molar-refractivity contribution < 1.29 is 5.11 Å². The van der Waals surface area contributed by atoms with Crippen molar-refractivity contribution in [1.82, 2.24) is 10.3 Å². The molecule has 18 heavy (non-hydrogen) atoms. The number of hydrogen-bond donors (Lipinski definition) is 2. The van der Waals surface area contributed by atoms with Crippen LogP contribution in [0.1, 0.15) is 25.8 Å². The number of benzene rings is 1. The number of nitrogens with zero attached hydrogens (tertiary/aromatic N) is 1. The molecule has 96 valence electrons. The molecule has 0 saturated heterocycles. The summed E-state index contributed by atoms with van der Waals surface area (Å²) in [5, 5.41) is 14.5. The highest BCUT2D eigenvalue weighted by molar-refractivity contribution is 5.85. The molecular weight excluding hydrogens is 224 g/mol. The zero-order chi connectivity index (χ0) is 13.0. The van der Waals surface area contributed by atoms with Crippen LogP contribution in [0.4, 0.5) is 0 Å². The largest absolute Gasteiger partial charge is 0.505 e. The highest BCUT2D eigenvalue weighted by Gasteiger charge is 2.06. The van der Waals surface area contributed by atoms with Gasteiger partial charge in [-0.05, 0) is 24.9 Å². The van der Waals surface area contributed by atoms with E-state index in [0.717, 1.165) is 23.9 Å². The van der Waals surface area contributed by atoms with E-state index in [2.05, 4.69) is 24.1 Å². The molecule has 0 bridgehead atoms. The Bertz CT molecular complexity index is 523. The maximum Gasteiger partial charge on any atom is 0.146 e. The number of aromatic nitrogens is 1.